The molecule has 1 aromatic heterocycles. The van der Waals surface area contributed by atoms with E-state index in [1.165, 1.54) is 25.7 Å². The summed E-state index contributed by atoms with van der Waals surface area (Å²) < 4.78 is 5.94. The first-order valence-electron chi connectivity index (χ1n) is 4.88. The maximum Gasteiger partial charge on any atom is 0.247 e. The Hall–Kier alpha value is -0.640. The molecule has 0 amide bonds. The zero-order valence-corrected chi connectivity index (χ0v) is 9.75. The lowest BCUT2D eigenvalue weighted by atomic mass is 10.0. The van der Waals surface area contributed by atoms with Crippen LogP contribution in [-0.2, 0) is 0 Å². The SMILES string of the molecule is COc1nnc(C2CCCC2)cc1Br. The van der Waals surface area contributed by atoms with Crippen molar-refractivity contribution in [2.24, 2.45) is 0 Å². The highest BCUT2D eigenvalue weighted by molar-refractivity contribution is 9.10. The fourth-order valence-corrected chi connectivity index (χ4v) is 2.41. The second-order valence-corrected chi connectivity index (χ2v) is 4.46. The summed E-state index contributed by atoms with van der Waals surface area (Å²) >= 11 is 3.43. The maximum absolute atomic E-state index is 5.04. The highest BCUT2D eigenvalue weighted by atomic mass is 79.9. The van der Waals surface area contributed by atoms with Gasteiger partial charge in [0.2, 0.25) is 5.88 Å². The summed E-state index contributed by atoms with van der Waals surface area (Å²) in [6.07, 6.45) is 5.12. The molecule has 76 valence electrons. The summed E-state index contributed by atoms with van der Waals surface area (Å²) in [5.74, 6) is 1.16. The molecule has 1 saturated carbocycles. The summed E-state index contributed by atoms with van der Waals surface area (Å²) in [7, 11) is 1.60. The lowest BCUT2D eigenvalue weighted by Crippen LogP contribution is -2.00. The number of nitrogens with zero attached hydrogens (tertiary/aromatic N) is 2. The van der Waals surface area contributed by atoms with Crippen LogP contribution in [0.5, 0.6) is 5.88 Å². The van der Waals surface area contributed by atoms with Crippen molar-refractivity contribution in [1.29, 1.82) is 0 Å². The van der Waals surface area contributed by atoms with Gasteiger partial charge < -0.3 is 4.74 Å². The Balaban J connectivity index is 2.23. The van der Waals surface area contributed by atoms with Crippen molar-refractivity contribution in [2.75, 3.05) is 7.11 Å². The first-order chi connectivity index (χ1) is 6.81. The first-order valence-corrected chi connectivity index (χ1v) is 5.67. The summed E-state index contributed by atoms with van der Waals surface area (Å²) in [4.78, 5) is 0. The number of hydrogen-bond donors (Lipinski definition) is 0. The van der Waals surface area contributed by atoms with E-state index in [9.17, 15) is 0 Å². The molecule has 0 aliphatic heterocycles. The minimum Gasteiger partial charge on any atom is -0.479 e. The van der Waals surface area contributed by atoms with E-state index in [4.69, 9.17) is 4.74 Å². The average Bonchev–Trinajstić information content (AvgIpc) is 2.70. The monoisotopic (exact) mass is 256 g/mol. The van der Waals surface area contributed by atoms with Gasteiger partial charge in [-0.1, -0.05) is 12.8 Å². The van der Waals surface area contributed by atoms with E-state index >= 15 is 0 Å². The molecule has 2 rings (SSSR count). The van der Waals surface area contributed by atoms with E-state index in [1.807, 2.05) is 6.07 Å². The van der Waals surface area contributed by atoms with Gasteiger partial charge in [-0.2, -0.15) is 5.10 Å². The van der Waals surface area contributed by atoms with Gasteiger partial charge in [0.1, 0.15) is 0 Å². The number of ether oxygens (including phenoxy) is 1. The number of rotatable bonds is 2. The van der Waals surface area contributed by atoms with Crippen molar-refractivity contribution < 1.29 is 4.74 Å². The van der Waals surface area contributed by atoms with E-state index < -0.39 is 0 Å². The van der Waals surface area contributed by atoms with Crippen LogP contribution < -0.4 is 4.74 Å². The van der Waals surface area contributed by atoms with Gasteiger partial charge in [0.15, 0.2) is 0 Å². The standard InChI is InChI=1S/C10H13BrN2O/c1-14-10-8(11)6-9(12-13-10)7-4-2-3-5-7/h6-7H,2-5H2,1H3. The molecule has 0 N–H and O–H groups in total. The molecule has 4 heteroatoms. The molecule has 0 unspecified atom stereocenters. The number of methoxy groups -OCH3 is 1. The number of aromatic nitrogens is 2. The summed E-state index contributed by atoms with van der Waals surface area (Å²) in [5, 5.41) is 8.21. The third-order valence-electron chi connectivity index (χ3n) is 2.70. The van der Waals surface area contributed by atoms with Gasteiger partial charge in [-0.25, -0.2) is 0 Å². The Labute approximate surface area is 92.0 Å². The largest absolute Gasteiger partial charge is 0.479 e. The first kappa shape index (κ1) is 9.90. The molecule has 0 saturated heterocycles. The topological polar surface area (TPSA) is 35.0 Å². The molecule has 1 aliphatic rings. The van der Waals surface area contributed by atoms with Crippen molar-refractivity contribution in [2.45, 2.75) is 31.6 Å². The third kappa shape index (κ3) is 1.90. The van der Waals surface area contributed by atoms with E-state index in [1.54, 1.807) is 7.11 Å². The fourth-order valence-electron chi connectivity index (χ4n) is 1.93. The van der Waals surface area contributed by atoms with Crippen LogP contribution >= 0.6 is 15.9 Å². The van der Waals surface area contributed by atoms with Gasteiger partial charge in [0.05, 0.1) is 17.3 Å². The Morgan fingerprint density at radius 3 is 2.64 bits per heavy atom. The van der Waals surface area contributed by atoms with Crippen LogP contribution in [0.15, 0.2) is 10.5 Å². The van der Waals surface area contributed by atoms with Gasteiger partial charge in [0.25, 0.3) is 0 Å². The average molecular weight is 257 g/mol. The molecule has 0 spiro atoms. The Kier molecular flexibility index (Phi) is 3.01. The van der Waals surface area contributed by atoms with Crippen LogP contribution in [0.3, 0.4) is 0 Å². The summed E-state index contributed by atoms with van der Waals surface area (Å²) in [6.45, 7) is 0. The molecule has 0 atom stereocenters. The van der Waals surface area contributed by atoms with Crippen LogP contribution in [0.25, 0.3) is 0 Å². The number of hydrogen-bond acceptors (Lipinski definition) is 3. The molecular weight excluding hydrogens is 244 g/mol. The van der Waals surface area contributed by atoms with Crippen molar-refractivity contribution in [1.82, 2.24) is 10.2 Å². The zero-order chi connectivity index (χ0) is 9.97. The molecule has 1 heterocycles. The van der Waals surface area contributed by atoms with Crippen molar-refractivity contribution in [3.63, 3.8) is 0 Å². The van der Waals surface area contributed by atoms with Gasteiger partial charge in [-0.3, -0.25) is 0 Å². The lowest BCUT2D eigenvalue weighted by Gasteiger charge is -2.08. The normalized spacial score (nSPS) is 17.3. The van der Waals surface area contributed by atoms with E-state index in [2.05, 4.69) is 26.1 Å². The highest BCUT2D eigenvalue weighted by Crippen LogP contribution is 2.34. The van der Waals surface area contributed by atoms with Gasteiger partial charge in [-0.05, 0) is 34.8 Å². The van der Waals surface area contributed by atoms with Crippen LogP contribution in [-0.4, -0.2) is 17.3 Å². The van der Waals surface area contributed by atoms with Crippen LogP contribution in [0.2, 0.25) is 0 Å². The summed E-state index contributed by atoms with van der Waals surface area (Å²) in [6, 6.07) is 2.03. The molecule has 0 aromatic carbocycles. The van der Waals surface area contributed by atoms with Crippen molar-refractivity contribution in [3.8, 4) is 5.88 Å². The van der Waals surface area contributed by atoms with Gasteiger partial charge in [-0.15, -0.1) is 5.10 Å². The molecule has 1 fully saturated rings. The highest BCUT2D eigenvalue weighted by Gasteiger charge is 2.19. The second kappa shape index (κ2) is 4.26. The molecule has 1 aromatic rings. The molecule has 0 radical (unpaired) electrons. The van der Waals surface area contributed by atoms with Crippen molar-refractivity contribution in [3.05, 3.63) is 16.2 Å². The molecule has 1 aliphatic carbocycles. The molecule has 3 nitrogen and oxygen atoms in total. The molecule has 0 bridgehead atoms. The van der Waals surface area contributed by atoms with E-state index in [-0.39, 0.29) is 0 Å². The Morgan fingerprint density at radius 2 is 2.07 bits per heavy atom. The second-order valence-electron chi connectivity index (χ2n) is 3.61. The van der Waals surface area contributed by atoms with Gasteiger partial charge >= 0.3 is 0 Å². The lowest BCUT2D eigenvalue weighted by molar-refractivity contribution is 0.387. The number of halogens is 1. The fraction of sp³-hybridized carbons (Fsp3) is 0.600. The summed E-state index contributed by atoms with van der Waals surface area (Å²) in [5.41, 5.74) is 1.09. The minimum absolute atomic E-state index is 0.562. The zero-order valence-electron chi connectivity index (χ0n) is 8.16. The third-order valence-corrected chi connectivity index (χ3v) is 3.27. The van der Waals surface area contributed by atoms with Crippen LogP contribution in [0, 0.1) is 0 Å². The van der Waals surface area contributed by atoms with E-state index in [0.29, 0.717) is 11.8 Å². The smallest absolute Gasteiger partial charge is 0.247 e. The van der Waals surface area contributed by atoms with Crippen LogP contribution in [0.1, 0.15) is 37.3 Å². The van der Waals surface area contributed by atoms with Crippen LogP contribution in [0.4, 0.5) is 0 Å². The Morgan fingerprint density at radius 1 is 1.36 bits per heavy atom. The maximum atomic E-state index is 5.04. The predicted molar refractivity (Wildman–Crippen MR) is 57.5 cm³/mol. The predicted octanol–water partition coefficient (Wildman–Crippen LogP) is 2.91. The van der Waals surface area contributed by atoms with Crippen molar-refractivity contribution >= 4 is 15.9 Å². The minimum atomic E-state index is 0.562. The van der Waals surface area contributed by atoms with E-state index in [0.717, 1.165) is 10.2 Å². The molecular formula is C10H13BrN2O. The molecule has 14 heavy (non-hydrogen) atoms. The quantitative estimate of drug-likeness (QED) is 0.817. The van der Waals surface area contributed by atoms with Gasteiger partial charge in [0, 0.05) is 5.92 Å². The Bertz CT molecular complexity index is 324.